The normalized spacial score (nSPS) is 22.8. The Bertz CT molecular complexity index is 1640. The molecule has 47 heavy (non-hydrogen) atoms. The third-order valence-corrected chi connectivity index (χ3v) is 10.1. The first-order valence-electron chi connectivity index (χ1n) is 16.8. The molecule has 3 aromatic rings. The Kier molecular flexibility index (Phi) is 8.68. The van der Waals surface area contributed by atoms with E-state index in [2.05, 4.69) is 45.7 Å². The van der Waals surface area contributed by atoms with Crippen molar-refractivity contribution in [3.8, 4) is 5.75 Å². The average Bonchev–Trinajstić information content (AvgIpc) is 3.73. The van der Waals surface area contributed by atoms with E-state index in [1.165, 1.54) is 0 Å². The second-order valence-corrected chi connectivity index (χ2v) is 13.5. The first-order chi connectivity index (χ1) is 22.9. The Morgan fingerprint density at radius 3 is 2.32 bits per heavy atom. The number of hydrazone groups is 1. The lowest BCUT2D eigenvalue weighted by molar-refractivity contribution is -0.134. The van der Waals surface area contributed by atoms with Crippen LogP contribution in [0.1, 0.15) is 85.5 Å². The minimum Gasteiger partial charge on any atom is -0.489 e. The van der Waals surface area contributed by atoms with Gasteiger partial charge in [-0.2, -0.15) is 0 Å². The molecule has 10 nitrogen and oxygen atoms in total. The number of carbonyl (C=O) groups excluding carboxylic acids is 2. The van der Waals surface area contributed by atoms with Crippen LogP contribution in [0, 0.1) is 17.8 Å². The molecule has 0 unspecified atom stereocenters. The van der Waals surface area contributed by atoms with Gasteiger partial charge in [0, 0.05) is 11.1 Å². The van der Waals surface area contributed by atoms with Gasteiger partial charge in [0.15, 0.2) is 5.84 Å². The number of amides is 2. The van der Waals surface area contributed by atoms with Gasteiger partial charge in [-0.3, -0.25) is 20.0 Å². The number of amidine groups is 1. The molecule has 2 heterocycles. The maximum atomic E-state index is 14.6. The van der Waals surface area contributed by atoms with Crippen LogP contribution < -0.4 is 26.5 Å². The third kappa shape index (κ3) is 6.60. The molecular weight excluding hydrogens is 590 g/mol. The van der Waals surface area contributed by atoms with Gasteiger partial charge in [-0.1, -0.05) is 56.3 Å². The lowest BCUT2D eigenvalue weighted by Gasteiger charge is -2.46. The van der Waals surface area contributed by atoms with Gasteiger partial charge in [0.2, 0.25) is 0 Å². The predicted octanol–water partition coefficient (Wildman–Crippen LogP) is 5.25. The Morgan fingerprint density at radius 2 is 1.68 bits per heavy atom. The molecule has 3 aromatic carbocycles. The molecule has 4 aliphatic rings. The van der Waals surface area contributed by atoms with Crippen LogP contribution in [0.15, 0.2) is 89.0 Å². The van der Waals surface area contributed by atoms with Gasteiger partial charge in [0.05, 0.1) is 12.6 Å². The molecule has 0 bridgehead atoms. The van der Waals surface area contributed by atoms with E-state index in [0.29, 0.717) is 41.5 Å². The summed E-state index contributed by atoms with van der Waals surface area (Å²) in [6.07, 6.45) is 5.95. The van der Waals surface area contributed by atoms with E-state index in [9.17, 15) is 9.59 Å². The van der Waals surface area contributed by atoms with Crippen molar-refractivity contribution in [1.29, 1.82) is 0 Å². The van der Waals surface area contributed by atoms with Crippen molar-refractivity contribution in [2.45, 2.75) is 70.7 Å². The fourth-order valence-corrected chi connectivity index (χ4v) is 7.21. The van der Waals surface area contributed by atoms with Crippen molar-refractivity contribution in [2.75, 3.05) is 6.54 Å². The molecule has 4 N–H and O–H groups in total. The molecule has 0 saturated heterocycles. The zero-order valence-corrected chi connectivity index (χ0v) is 27.0. The van der Waals surface area contributed by atoms with E-state index >= 15 is 0 Å². The molecule has 0 radical (unpaired) electrons. The van der Waals surface area contributed by atoms with Gasteiger partial charge in [-0.05, 0) is 104 Å². The standard InChI is InChI=1S/C37H43N7O3/c1-24(2)26-18-20-37(21-19-26)39-33(27-14-16-31(17-15-27)47-23-25-6-4-3-5-7-25)36(46)44(37)34(28-8-9-28)29-10-12-30(13-11-29)35(45)38-22-32-40-42-43-41-32/h3-7,10-17,24,26,28,34,42-43H,8-9,18-23H2,1-2H3,(H,38,45)(H,40,41)/t26?,34-,37?/m1/s1. The highest BCUT2D eigenvalue weighted by atomic mass is 16.5. The molecule has 2 aliphatic heterocycles. The lowest BCUT2D eigenvalue weighted by Crippen LogP contribution is -2.51. The summed E-state index contributed by atoms with van der Waals surface area (Å²) in [5.41, 5.74) is 11.6. The van der Waals surface area contributed by atoms with Gasteiger partial charge in [-0.15, -0.1) is 10.6 Å². The topological polar surface area (TPSA) is 119 Å². The number of benzene rings is 3. The van der Waals surface area contributed by atoms with Gasteiger partial charge in [0.25, 0.3) is 11.8 Å². The second kappa shape index (κ2) is 13.2. The van der Waals surface area contributed by atoms with Gasteiger partial charge < -0.3 is 15.0 Å². The second-order valence-electron chi connectivity index (χ2n) is 13.5. The molecule has 2 fully saturated rings. The van der Waals surface area contributed by atoms with Gasteiger partial charge >= 0.3 is 0 Å². The van der Waals surface area contributed by atoms with E-state index in [4.69, 9.17) is 9.73 Å². The summed E-state index contributed by atoms with van der Waals surface area (Å²) in [5.74, 6) is 2.77. The van der Waals surface area contributed by atoms with E-state index in [-0.39, 0.29) is 24.4 Å². The van der Waals surface area contributed by atoms with Crippen molar-refractivity contribution in [3.05, 3.63) is 101 Å². The number of aliphatic imine (C=N–C) groups is 1. The smallest absolute Gasteiger partial charge is 0.275 e. The van der Waals surface area contributed by atoms with Crippen LogP contribution in [-0.2, 0) is 11.4 Å². The first kappa shape index (κ1) is 30.9. The average molecular weight is 634 g/mol. The summed E-state index contributed by atoms with van der Waals surface area (Å²) in [6.45, 7) is 5.35. The fraction of sp³-hybridized carbons (Fsp3) is 0.405. The van der Waals surface area contributed by atoms with E-state index < -0.39 is 5.66 Å². The van der Waals surface area contributed by atoms with Crippen LogP contribution in [0.5, 0.6) is 5.75 Å². The SMILES string of the molecule is CC(C)C1CCC2(CC1)N=C(c1ccc(OCc3ccccc3)cc1)C(=O)N2[C@@H](c1ccc(C(=O)NCC2=NNNN2)cc1)C1CC1. The molecule has 2 amide bonds. The third-order valence-electron chi connectivity index (χ3n) is 10.1. The Labute approximate surface area is 276 Å². The summed E-state index contributed by atoms with van der Waals surface area (Å²) in [7, 11) is 0. The largest absolute Gasteiger partial charge is 0.489 e. The molecule has 2 aliphatic carbocycles. The minimum absolute atomic E-state index is 0.00303. The fourth-order valence-electron chi connectivity index (χ4n) is 7.21. The van der Waals surface area contributed by atoms with Crippen molar-refractivity contribution in [2.24, 2.45) is 27.8 Å². The van der Waals surface area contributed by atoms with Gasteiger partial charge in [-0.25, -0.2) is 5.53 Å². The number of ether oxygens (including phenoxy) is 1. The maximum Gasteiger partial charge on any atom is 0.275 e. The molecule has 244 valence electrons. The van der Waals surface area contributed by atoms with Gasteiger partial charge in [0.1, 0.15) is 23.7 Å². The number of nitrogens with zero attached hydrogens (tertiary/aromatic N) is 3. The highest BCUT2D eigenvalue weighted by molar-refractivity contribution is 6.46. The first-order valence-corrected chi connectivity index (χ1v) is 16.8. The van der Waals surface area contributed by atoms with E-state index in [0.717, 1.165) is 61.0 Å². The molecule has 1 spiro atoms. The number of hydrazine groups is 2. The number of carbonyl (C=O) groups is 2. The number of hydrogen-bond donors (Lipinski definition) is 4. The highest BCUT2D eigenvalue weighted by Crippen LogP contribution is 2.53. The van der Waals surface area contributed by atoms with Crippen LogP contribution in [0.2, 0.25) is 0 Å². The van der Waals surface area contributed by atoms with Crippen LogP contribution in [0.4, 0.5) is 0 Å². The van der Waals surface area contributed by atoms with Crippen LogP contribution in [0.25, 0.3) is 0 Å². The molecular formula is C37H43N7O3. The lowest BCUT2D eigenvalue weighted by atomic mass is 9.76. The summed E-state index contributed by atoms with van der Waals surface area (Å²) >= 11 is 0. The van der Waals surface area contributed by atoms with Crippen LogP contribution in [-0.4, -0.2) is 40.5 Å². The number of hydrogen-bond acceptors (Lipinski definition) is 8. The minimum atomic E-state index is -0.569. The maximum absolute atomic E-state index is 14.6. The zero-order valence-electron chi connectivity index (χ0n) is 27.0. The summed E-state index contributed by atoms with van der Waals surface area (Å²) in [5, 5.41) is 6.89. The Hall–Kier alpha value is -4.70. The summed E-state index contributed by atoms with van der Waals surface area (Å²) in [4.78, 5) is 35.0. The van der Waals surface area contributed by atoms with Crippen molar-refractivity contribution in [3.63, 3.8) is 0 Å². The summed E-state index contributed by atoms with van der Waals surface area (Å²) < 4.78 is 6.03. The highest BCUT2D eigenvalue weighted by Gasteiger charge is 2.54. The monoisotopic (exact) mass is 633 g/mol. The Balaban J connectivity index is 1.13. The van der Waals surface area contributed by atoms with Crippen molar-refractivity contribution >= 4 is 23.4 Å². The van der Waals surface area contributed by atoms with Crippen molar-refractivity contribution in [1.82, 2.24) is 26.7 Å². The zero-order chi connectivity index (χ0) is 32.4. The van der Waals surface area contributed by atoms with Crippen molar-refractivity contribution < 1.29 is 14.3 Å². The number of rotatable bonds is 11. The van der Waals surface area contributed by atoms with E-state index in [1.807, 2.05) is 78.9 Å². The molecule has 10 heteroatoms. The Morgan fingerprint density at radius 1 is 0.957 bits per heavy atom. The van der Waals surface area contributed by atoms with Crippen LogP contribution in [0.3, 0.4) is 0 Å². The van der Waals surface area contributed by atoms with Crippen LogP contribution >= 0.6 is 0 Å². The summed E-state index contributed by atoms with van der Waals surface area (Å²) in [6, 6.07) is 25.5. The van der Waals surface area contributed by atoms with E-state index in [1.54, 1.807) is 0 Å². The predicted molar refractivity (Wildman–Crippen MR) is 181 cm³/mol. The quantitative estimate of drug-likeness (QED) is 0.229. The molecule has 0 aromatic heterocycles. The molecule has 2 saturated carbocycles. The molecule has 7 rings (SSSR count). The number of nitrogens with one attached hydrogen (secondary N) is 4. The molecule has 1 atom stereocenters.